The van der Waals surface area contributed by atoms with Crippen LogP contribution in [0, 0.1) is 17.2 Å². The van der Waals surface area contributed by atoms with Gasteiger partial charge < -0.3 is 5.32 Å². The molecule has 1 N–H and O–H groups in total. The topological polar surface area (TPSA) is 52.9 Å². The van der Waals surface area contributed by atoms with E-state index in [9.17, 15) is 4.79 Å². The molecule has 0 saturated heterocycles. The summed E-state index contributed by atoms with van der Waals surface area (Å²) in [6.07, 6.45) is 1.51. The summed E-state index contributed by atoms with van der Waals surface area (Å²) in [5.41, 5.74) is 1.97. The lowest BCUT2D eigenvalue weighted by Gasteiger charge is -2.08. The molecule has 1 unspecified atom stereocenters. The lowest BCUT2D eigenvalue weighted by molar-refractivity contribution is -0.118. The minimum atomic E-state index is -0.564. The third-order valence-electron chi connectivity index (χ3n) is 2.51. The number of amides is 1. The van der Waals surface area contributed by atoms with Gasteiger partial charge in [0, 0.05) is 5.69 Å². The summed E-state index contributed by atoms with van der Waals surface area (Å²) in [5, 5.41) is 11.5. The van der Waals surface area contributed by atoms with E-state index in [2.05, 4.69) is 12.2 Å². The van der Waals surface area contributed by atoms with Crippen molar-refractivity contribution in [2.75, 3.05) is 5.32 Å². The SMILES string of the molecule is CCc1ccc(NC(=O)C(C#N)CC)cc1. The Labute approximate surface area is 96.1 Å². The summed E-state index contributed by atoms with van der Waals surface area (Å²) in [4.78, 5) is 11.6. The molecular formula is C13H16N2O. The smallest absolute Gasteiger partial charge is 0.241 e. The minimum absolute atomic E-state index is 0.228. The molecular weight excluding hydrogens is 200 g/mol. The van der Waals surface area contributed by atoms with Gasteiger partial charge in [-0.1, -0.05) is 26.0 Å². The summed E-state index contributed by atoms with van der Waals surface area (Å²) in [6, 6.07) is 9.66. The molecule has 1 amide bonds. The Balaban J connectivity index is 2.66. The van der Waals surface area contributed by atoms with Crippen LogP contribution in [0.3, 0.4) is 0 Å². The van der Waals surface area contributed by atoms with Gasteiger partial charge in [-0.3, -0.25) is 4.79 Å². The zero-order valence-corrected chi connectivity index (χ0v) is 9.66. The van der Waals surface area contributed by atoms with Crippen molar-refractivity contribution in [3.8, 4) is 6.07 Å². The van der Waals surface area contributed by atoms with E-state index in [0.717, 1.165) is 12.1 Å². The second-order valence-electron chi connectivity index (χ2n) is 3.63. The fraction of sp³-hybridized carbons (Fsp3) is 0.385. The van der Waals surface area contributed by atoms with Gasteiger partial charge in [0.15, 0.2) is 0 Å². The fourth-order valence-electron chi connectivity index (χ4n) is 1.39. The Kier molecular flexibility index (Phi) is 4.53. The second kappa shape index (κ2) is 5.92. The molecule has 0 radical (unpaired) electrons. The molecule has 1 aromatic carbocycles. The fourth-order valence-corrected chi connectivity index (χ4v) is 1.39. The van der Waals surface area contributed by atoms with Crippen molar-refractivity contribution in [3.05, 3.63) is 29.8 Å². The molecule has 1 aromatic rings. The van der Waals surface area contributed by atoms with Crippen LogP contribution in [0.25, 0.3) is 0 Å². The maximum Gasteiger partial charge on any atom is 0.241 e. The van der Waals surface area contributed by atoms with Crippen LogP contribution in [0.4, 0.5) is 5.69 Å². The van der Waals surface area contributed by atoms with Crippen LogP contribution in [-0.4, -0.2) is 5.91 Å². The molecule has 0 aliphatic carbocycles. The second-order valence-corrected chi connectivity index (χ2v) is 3.63. The zero-order chi connectivity index (χ0) is 12.0. The number of aryl methyl sites for hydroxylation is 1. The standard InChI is InChI=1S/C13H16N2O/c1-3-10-5-7-12(8-6-10)15-13(16)11(4-2)9-14/h5-8,11H,3-4H2,1-2H3,(H,15,16). The Bertz CT molecular complexity index is 389. The van der Waals surface area contributed by atoms with E-state index < -0.39 is 5.92 Å². The molecule has 1 rings (SSSR count). The van der Waals surface area contributed by atoms with E-state index in [1.165, 1.54) is 5.56 Å². The zero-order valence-electron chi connectivity index (χ0n) is 9.66. The molecule has 0 saturated carbocycles. The molecule has 0 heterocycles. The molecule has 84 valence electrons. The normalized spacial score (nSPS) is 11.6. The van der Waals surface area contributed by atoms with Crippen molar-refractivity contribution in [1.29, 1.82) is 5.26 Å². The summed E-state index contributed by atoms with van der Waals surface area (Å²) < 4.78 is 0. The lowest BCUT2D eigenvalue weighted by atomic mass is 10.1. The van der Waals surface area contributed by atoms with Gasteiger partial charge in [-0.25, -0.2) is 0 Å². The van der Waals surface area contributed by atoms with E-state index in [0.29, 0.717) is 6.42 Å². The first-order valence-corrected chi connectivity index (χ1v) is 5.50. The number of anilines is 1. The predicted molar refractivity (Wildman–Crippen MR) is 63.8 cm³/mol. The van der Waals surface area contributed by atoms with E-state index >= 15 is 0 Å². The highest BCUT2D eigenvalue weighted by atomic mass is 16.1. The van der Waals surface area contributed by atoms with E-state index in [1.807, 2.05) is 37.3 Å². The summed E-state index contributed by atoms with van der Waals surface area (Å²) in [5.74, 6) is -0.792. The van der Waals surface area contributed by atoms with Gasteiger partial charge in [-0.05, 0) is 30.5 Å². The molecule has 0 aliphatic heterocycles. The summed E-state index contributed by atoms with van der Waals surface area (Å²) in [6.45, 7) is 3.91. The number of nitriles is 1. The summed E-state index contributed by atoms with van der Waals surface area (Å²) in [7, 11) is 0. The molecule has 0 spiro atoms. The first kappa shape index (κ1) is 12.3. The van der Waals surface area contributed by atoms with Crippen LogP contribution in [0.1, 0.15) is 25.8 Å². The van der Waals surface area contributed by atoms with Crippen molar-refractivity contribution in [1.82, 2.24) is 0 Å². The molecule has 1 atom stereocenters. The highest BCUT2D eigenvalue weighted by Gasteiger charge is 2.14. The van der Waals surface area contributed by atoms with Crippen molar-refractivity contribution in [2.45, 2.75) is 26.7 Å². The minimum Gasteiger partial charge on any atom is -0.325 e. The monoisotopic (exact) mass is 216 g/mol. The van der Waals surface area contributed by atoms with Crippen LogP contribution in [0.2, 0.25) is 0 Å². The highest BCUT2D eigenvalue weighted by Crippen LogP contribution is 2.12. The average molecular weight is 216 g/mol. The van der Waals surface area contributed by atoms with Gasteiger partial charge in [0.2, 0.25) is 5.91 Å². The van der Waals surface area contributed by atoms with Crippen molar-refractivity contribution >= 4 is 11.6 Å². The average Bonchev–Trinajstić information content (AvgIpc) is 2.31. The maximum absolute atomic E-state index is 11.6. The molecule has 16 heavy (non-hydrogen) atoms. The van der Waals surface area contributed by atoms with Crippen LogP contribution >= 0.6 is 0 Å². The predicted octanol–water partition coefficient (Wildman–Crippen LogP) is 2.74. The van der Waals surface area contributed by atoms with Gasteiger partial charge in [-0.15, -0.1) is 0 Å². The molecule has 0 fully saturated rings. The number of hydrogen-bond acceptors (Lipinski definition) is 2. The number of nitrogens with zero attached hydrogens (tertiary/aromatic N) is 1. The van der Waals surface area contributed by atoms with Gasteiger partial charge >= 0.3 is 0 Å². The lowest BCUT2D eigenvalue weighted by Crippen LogP contribution is -2.20. The Hall–Kier alpha value is -1.82. The molecule has 0 aromatic heterocycles. The Morgan fingerprint density at radius 1 is 1.38 bits per heavy atom. The third-order valence-corrected chi connectivity index (χ3v) is 2.51. The van der Waals surface area contributed by atoms with Gasteiger partial charge in [0.1, 0.15) is 5.92 Å². The molecule has 3 heteroatoms. The highest BCUT2D eigenvalue weighted by molar-refractivity contribution is 5.94. The van der Waals surface area contributed by atoms with E-state index in [4.69, 9.17) is 5.26 Å². The van der Waals surface area contributed by atoms with E-state index in [-0.39, 0.29) is 5.91 Å². The van der Waals surface area contributed by atoms with Crippen LogP contribution in [0.5, 0.6) is 0 Å². The third kappa shape index (κ3) is 3.09. The first-order chi connectivity index (χ1) is 7.71. The Morgan fingerprint density at radius 3 is 2.44 bits per heavy atom. The summed E-state index contributed by atoms with van der Waals surface area (Å²) >= 11 is 0. The number of rotatable bonds is 4. The van der Waals surface area contributed by atoms with Crippen LogP contribution in [-0.2, 0) is 11.2 Å². The largest absolute Gasteiger partial charge is 0.325 e. The van der Waals surface area contributed by atoms with Crippen molar-refractivity contribution in [2.24, 2.45) is 5.92 Å². The molecule has 3 nitrogen and oxygen atoms in total. The maximum atomic E-state index is 11.6. The molecule has 0 aliphatic rings. The quantitative estimate of drug-likeness (QED) is 0.841. The number of nitrogens with one attached hydrogen (secondary N) is 1. The van der Waals surface area contributed by atoms with Gasteiger partial charge in [-0.2, -0.15) is 5.26 Å². The first-order valence-electron chi connectivity index (χ1n) is 5.50. The molecule has 0 bridgehead atoms. The van der Waals surface area contributed by atoms with Crippen molar-refractivity contribution < 1.29 is 4.79 Å². The van der Waals surface area contributed by atoms with Gasteiger partial charge in [0.05, 0.1) is 6.07 Å². The number of hydrogen-bond donors (Lipinski definition) is 1. The van der Waals surface area contributed by atoms with Crippen LogP contribution in [0.15, 0.2) is 24.3 Å². The van der Waals surface area contributed by atoms with Gasteiger partial charge in [0.25, 0.3) is 0 Å². The number of carbonyl (C=O) groups is 1. The van der Waals surface area contributed by atoms with Crippen LogP contribution < -0.4 is 5.32 Å². The van der Waals surface area contributed by atoms with Crippen molar-refractivity contribution in [3.63, 3.8) is 0 Å². The number of carbonyl (C=O) groups excluding carboxylic acids is 1. The van der Waals surface area contributed by atoms with E-state index in [1.54, 1.807) is 0 Å². The number of benzene rings is 1. The Morgan fingerprint density at radius 2 is 2.00 bits per heavy atom.